The first-order valence-electron chi connectivity index (χ1n) is 4.74. The van der Waals surface area contributed by atoms with Crippen LogP contribution in [-0.4, -0.2) is 35.4 Å². The van der Waals surface area contributed by atoms with E-state index in [0.717, 1.165) is 31.7 Å². The van der Waals surface area contributed by atoms with E-state index in [1.54, 1.807) is 0 Å². The highest BCUT2D eigenvalue weighted by Crippen LogP contribution is 2.31. The molecule has 1 aliphatic heterocycles. The Balaban J connectivity index is 1.87. The summed E-state index contributed by atoms with van der Waals surface area (Å²) in [5.41, 5.74) is 0. The molecule has 0 bridgehead atoms. The summed E-state index contributed by atoms with van der Waals surface area (Å²) in [4.78, 5) is 13.7. The first-order chi connectivity index (χ1) is 5.88. The van der Waals surface area contributed by atoms with Crippen molar-refractivity contribution in [1.82, 2.24) is 4.90 Å². The van der Waals surface area contributed by atoms with Crippen molar-refractivity contribution in [3.05, 3.63) is 0 Å². The van der Waals surface area contributed by atoms with E-state index in [4.69, 9.17) is 0 Å². The third kappa shape index (κ3) is 1.94. The SMILES string of the molecule is O=C(C1CC1)N1CCCSCC1. The van der Waals surface area contributed by atoms with Crippen molar-refractivity contribution in [3.63, 3.8) is 0 Å². The molecule has 1 aliphatic carbocycles. The summed E-state index contributed by atoms with van der Waals surface area (Å²) in [6, 6.07) is 0. The summed E-state index contributed by atoms with van der Waals surface area (Å²) < 4.78 is 0. The van der Waals surface area contributed by atoms with Crippen LogP contribution in [0, 0.1) is 5.92 Å². The van der Waals surface area contributed by atoms with Crippen LogP contribution in [0.2, 0.25) is 0 Å². The highest BCUT2D eigenvalue weighted by Gasteiger charge is 2.33. The van der Waals surface area contributed by atoms with Gasteiger partial charge >= 0.3 is 0 Å². The fourth-order valence-electron chi connectivity index (χ4n) is 1.55. The van der Waals surface area contributed by atoms with Gasteiger partial charge in [0.2, 0.25) is 5.91 Å². The lowest BCUT2D eigenvalue weighted by Gasteiger charge is -2.19. The Bertz CT molecular complexity index is 171. The van der Waals surface area contributed by atoms with Gasteiger partial charge in [0.25, 0.3) is 0 Å². The van der Waals surface area contributed by atoms with Gasteiger partial charge < -0.3 is 4.90 Å². The first-order valence-corrected chi connectivity index (χ1v) is 5.90. The lowest BCUT2D eigenvalue weighted by atomic mass is 10.3. The van der Waals surface area contributed by atoms with Gasteiger partial charge in [-0.25, -0.2) is 0 Å². The lowest BCUT2D eigenvalue weighted by Crippen LogP contribution is -2.33. The largest absolute Gasteiger partial charge is 0.342 e. The molecule has 12 heavy (non-hydrogen) atoms. The van der Waals surface area contributed by atoms with Gasteiger partial charge in [-0.2, -0.15) is 11.8 Å². The van der Waals surface area contributed by atoms with Crippen molar-refractivity contribution >= 4 is 17.7 Å². The van der Waals surface area contributed by atoms with Crippen LogP contribution < -0.4 is 0 Å². The molecule has 3 heteroatoms. The molecule has 2 nitrogen and oxygen atoms in total. The molecule has 0 aromatic heterocycles. The zero-order valence-electron chi connectivity index (χ0n) is 7.29. The van der Waals surface area contributed by atoms with E-state index < -0.39 is 0 Å². The molecule has 0 unspecified atom stereocenters. The van der Waals surface area contributed by atoms with Gasteiger partial charge in [-0.05, 0) is 25.0 Å². The molecular formula is C9H15NOS. The molecule has 1 heterocycles. The Morgan fingerprint density at radius 3 is 2.83 bits per heavy atom. The maximum atomic E-state index is 11.6. The number of amides is 1. The molecule has 0 N–H and O–H groups in total. The average Bonchev–Trinajstić information content (AvgIpc) is 2.92. The molecule has 0 aromatic carbocycles. The zero-order chi connectivity index (χ0) is 8.39. The summed E-state index contributed by atoms with van der Waals surface area (Å²) >= 11 is 1.98. The van der Waals surface area contributed by atoms with E-state index in [1.165, 1.54) is 12.2 Å². The van der Waals surface area contributed by atoms with Crippen LogP contribution in [0.15, 0.2) is 0 Å². The molecule has 1 saturated carbocycles. The second kappa shape index (κ2) is 3.69. The number of carbonyl (C=O) groups is 1. The number of carbonyl (C=O) groups excluding carboxylic acids is 1. The van der Waals surface area contributed by atoms with Crippen molar-refractivity contribution < 1.29 is 4.79 Å². The molecule has 0 spiro atoms. The Morgan fingerprint density at radius 1 is 1.25 bits per heavy atom. The van der Waals surface area contributed by atoms with E-state index in [0.29, 0.717) is 11.8 Å². The molecule has 1 amide bonds. The minimum absolute atomic E-state index is 0.410. The van der Waals surface area contributed by atoms with E-state index in [-0.39, 0.29) is 0 Å². The van der Waals surface area contributed by atoms with Crippen molar-refractivity contribution in [1.29, 1.82) is 0 Å². The van der Waals surface area contributed by atoms with E-state index in [2.05, 4.69) is 4.90 Å². The van der Waals surface area contributed by atoms with Crippen LogP contribution in [-0.2, 0) is 4.79 Å². The normalized spacial score (nSPS) is 25.2. The average molecular weight is 185 g/mol. The topological polar surface area (TPSA) is 20.3 Å². The maximum Gasteiger partial charge on any atom is 0.225 e. The van der Waals surface area contributed by atoms with Crippen LogP contribution in [0.5, 0.6) is 0 Å². The van der Waals surface area contributed by atoms with Crippen molar-refractivity contribution in [2.24, 2.45) is 5.92 Å². The van der Waals surface area contributed by atoms with Crippen molar-refractivity contribution in [2.45, 2.75) is 19.3 Å². The predicted octanol–water partition coefficient (Wildman–Crippen LogP) is 1.36. The number of hydrogen-bond donors (Lipinski definition) is 0. The van der Waals surface area contributed by atoms with Crippen LogP contribution in [0.25, 0.3) is 0 Å². The van der Waals surface area contributed by atoms with Gasteiger partial charge in [-0.15, -0.1) is 0 Å². The smallest absolute Gasteiger partial charge is 0.225 e. The third-order valence-electron chi connectivity index (χ3n) is 2.46. The van der Waals surface area contributed by atoms with Gasteiger partial charge in [0.15, 0.2) is 0 Å². The van der Waals surface area contributed by atoms with Crippen LogP contribution in [0.3, 0.4) is 0 Å². The second-order valence-corrected chi connectivity index (χ2v) is 4.79. The standard InChI is InChI=1S/C9H15NOS/c11-9(8-2-3-8)10-4-1-6-12-7-5-10/h8H,1-7H2. The Kier molecular flexibility index (Phi) is 2.59. The van der Waals surface area contributed by atoms with Gasteiger partial charge in [0.05, 0.1) is 0 Å². The Morgan fingerprint density at radius 2 is 2.08 bits per heavy atom. The third-order valence-corrected chi connectivity index (χ3v) is 3.51. The van der Waals surface area contributed by atoms with Gasteiger partial charge in [-0.1, -0.05) is 0 Å². The molecule has 1 saturated heterocycles. The van der Waals surface area contributed by atoms with E-state index >= 15 is 0 Å². The first kappa shape index (κ1) is 8.42. The minimum Gasteiger partial charge on any atom is -0.342 e. The zero-order valence-corrected chi connectivity index (χ0v) is 8.11. The molecular weight excluding hydrogens is 170 g/mol. The predicted molar refractivity (Wildman–Crippen MR) is 51.2 cm³/mol. The highest BCUT2D eigenvalue weighted by molar-refractivity contribution is 7.99. The van der Waals surface area contributed by atoms with Crippen LogP contribution in [0.4, 0.5) is 0 Å². The fourth-order valence-corrected chi connectivity index (χ4v) is 2.44. The van der Waals surface area contributed by atoms with Crippen molar-refractivity contribution in [2.75, 3.05) is 24.6 Å². The summed E-state index contributed by atoms with van der Waals surface area (Å²) in [6.45, 7) is 1.99. The molecule has 2 aliphatic rings. The van der Waals surface area contributed by atoms with E-state index in [1.807, 2.05) is 11.8 Å². The van der Waals surface area contributed by atoms with Gasteiger partial charge in [0.1, 0.15) is 0 Å². The molecule has 68 valence electrons. The fraction of sp³-hybridized carbons (Fsp3) is 0.889. The summed E-state index contributed by atoms with van der Waals surface area (Å²) in [7, 11) is 0. The molecule has 0 aromatic rings. The second-order valence-electron chi connectivity index (χ2n) is 3.57. The minimum atomic E-state index is 0.410. The highest BCUT2D eigenvalue weighted by atomic mass is 32.2. The summed E-state index contributed by atoms with van der Waals surface area (Å²) in [6.07, 6.45) is 3.47. The van der Waals surface area contributed by atoms with Crippen molar-refractivity contribution in [3.8, 4) is 0 Å². The number of hydrogen-bond acceptors (Lipinski definition) is 2. The number of rotatable bonds is 1. The maximum absolute atomic E-state index is 11.6. The van der Waals surface area contributed by atoms with Gasteiger partial charge in [-0.3, -0.25) is 4.79 Å². The molecule has 0 atom stereocenters. The molecule has 0 radical (unpaired) electrons. The lowest BCUT2D eigenvalue weighted by molar-refractivity contribution is -0.132. The molecule has 2 fully saturated rings. The molecule has 2 rings (SSSR count). The number of thioether (sulfide) groups is 1. The quantitative estimate of drug-likeness (QED) is 0.615. The monoisotopic (exact) mass is 185 g/mol. The summed E-state index contributed by atoms with van der Waals surface area (Å²) in [5.74, 6) is 3.21. The van der Waals surface area contributed by atoms with Crippen LogP contribution in [0.1, 0.15) is 19.3 Å². The number of nitrogens with zero attached hydrogens (tertiary/aromatic N) is 1. The summed E-state index contributed by atoms with van der Waals surface area (Å²) in [5, 5.41) is 0. The van der Waals surface area contributed by atoms with E-state index in [9.17, 15) is 4.79 Å². The van der Waals surface area contributed by atoms with Crippen LogP contribution >= 0.6 is 11.8 Å². The Hall–Kier alpha value is -0.180. The van der Waals surface area contributed by atoms with Gasteiger partial charge in [0, 0.05) is 24.8 Å². The Labute approximate surface area is 77.7 Å².